The van der Waals surface area contributed by atoms with Crippen LogP contribution in [0.3, 0.4) is 0 Å². The van der Waals surface area contributed by atoms with E-state index in [-0.39, 0.29) is 0 Å². The highest BCUT2D eigenvalue weighted by Gasteiger charge is 2.46. The van der Waals surface area contributed by atoms with Crippen molar-refractivity contribution in [2.24, 2.45) is 5.92 Å². The van der Waals surface area contributed by atoms with Crippen LogP contribution >= 0.6 is 0 Å². The van der Waals surface area contributed by atoms with Gasteiger partial charge in [0.25, 0.3) is 0 Å². The van der Waals surface area contributed by atoms with Gasteiger partial charge in [-0.2, -0.15) is 0 Å². The highest BCUT2D eigenvalue weighted by atomic mass is 16.5. The van der Waals surface area contributed by atoms with Crippen LogP contribution in [-0.4, -0.2) is 42.1 Å². The zero-order chi connectivity index (χ0) is 24.2. The predicted octanol–water partition coefficient (Wildman–Crippen LogP) is 3.34. The molecule has 1 saturated carbocycles. The molecule has 1 fully saturated rings. The molecule has 0 bridgehead atoms. The second-order valence-electron chi connectivity index (χ2n) is 6.29. The summed E-state index contributed by atoms with van der Waals surface area (Å²) in [6, 6.07) is 8.36. The zero-order valence-electron chi connectivity index (χ0n) is 21.4. The molecule has 4 nitrogen and oxygen atoms in total. The van der Waals surface area contributed by atoms with Gasteiger partial charge in [0.15, 0.2) is 12.2 Å². The van der Waals surface area contributed by atoms with Gasteiger partial charge in [-0.1, -0.05) is 75.3 Å². The zero-order valence-corrected chi connectivity index (χ0v) is 15.4. The Balaban J connectivity index is 2.25. The fraction of sp³-hybridized carbons (Fsp3) is 0.591. The molecule has 4 heteroatoms. The molecule has 0 heterocycles. The lowest BCUT2D eigenvalue weighted by Crippen LogP contribution is -2.45. The number of rotatable bonds is 7. The topological polar surface area (TPSA) is 49.8 Å². The van der Waals surface area contributed by atoms with E-state index in [0.717, 1.165) is 24.2 Å². The second-order valence-corrected chi connectivity index (χ2v) is 6.29. The van der Waals surface area contributed by atoms with Crippen molar-refractivity contribution in [1.29, 1.82) is 0 Å². The van der Waals surface area contributed by atoms with Crippen molar-refractivity contribution >= 4 is 5.97 Å². The number of nitrogens with zero attached hydrogens (tertiary/aromatic N) is 1. The minimum Gasteiger partial charge on any atom is -0.450 e. The number of carbonyl (C=O) groups is 1. The van der Waals surface area contributed by atoms with Crippen molar-refractivity contribution in [2.45, 2.75) is 51.6 Å². The van der Waals surface area contributed by atoms with Crippen LogP contribution in [0.4, 0.5) is 0 Å². The molecule has 26 heavy (non-hydrogen) atoms. The summed E-state index contributed by atoms with van der Waals surface area (Å²) >= 11 is 0. The molecule has 1 aliphatic carbocycles. The van der Waals surface area contributed by atoms with Gasteiger partial charge in [-0.25, -0.2) is 4.79 Å². The van der Waals surface area contributed by atoms with Crippen molar-refractivity contribution in [3.05, 3.63) is 35.9 Å². The van der Waals surface area contributed by atoms with Crippen LogP contribution in [0.5, 0.6) is 0 Å². The van der Waals surface area contributed by atoms with Crippen molar-refractivity contribution in [3.8, 4) is 11.8 Å². The third kappa shape index (κ3) is 5.09. The lowest BCUT2D eigenvalue weighted by Gasteiger charge is -2.36. The van der Waals surface area contributed by atoms with Crippen LogP contribution in [0.25, 0.3) is 0 Å². The van der Waals surface area contributed by atoms with E-state index in [1.807, 2.05) is 0 Å². The molecular formula is C22H31NO3. The van der Waals surface area contributed by atoms with Crippen LogP contribution < -0.4 is 0 Å². The van der Waals surface area contributed by atoms with E-state index < -0.39 is 43.6 Å². The van der Waals surface area contributed by atoms with E-state index in [1.165, 1.54) is 13.8 Å². The Hall–Kier alpha value is -1.83. The van der Waals surface area contributed by atoms with Crippen LogP contribution in [0.2, 0.25) is 0 Å². The fourth-order valence-corrected chi connectivity index (χ4v) is 3.31. The summed E-state index contributed by atoms with van der Waals surface area (Å²) in [7, 11) is 0. The van der Waals surface area contributed by atoms with E-state index in [2.05, 4.69) is 11.8 Å². The maximum absolute atomic E-state index is 13.1. The van der Waals surface area contributed by atoms with Gasteiger partial charge in [-0.3, -0.25) is 4.90 Å². The number of ether oxygens (including phenoxy) is 1. The first-order valence-electron chi connectivity index (χ1n) is 12.0. The lowest BCUT2D eigenvalue weighted by atomic mass is 9.73. The quantitative estimate of drug-likeness (QED) is 0.596. The highest BCUT2D eigenvalue weighted by Crippen LogP contribution is 2.40. The number of carbonyl (C=O) groups excluding carboxylic acids is 1. The minimum atomic E-state index is -2.75. The Morgan fingerprint density at radius 2 is 1.88 bits per heavy atom. The molecule has 1 N–H and O–H groups in total. The van der Waals surface area contributed by atoms with Gasteiger partial charge in [0.05, 0.1) is 9.29 Å². The average Bonchev–Trinajstić information content (AvgIpc) is 2.69. The molecule has 0 amide bonds. The van der Waals surface area contributed by atoms with Gasteiger partial charge in [0.1, 0.15) is 0 Å². The summed E-state index contributed by atoms with van der Waals surface area (Å²) < 4.78 is 52.1. The Labute approximate surface area is 166 Å². The second kappa shape index (κ2) is 10.4. The fourth-order valence-electron chi connectivity index (χ4n) is 3.31. The number of esters is 1. The highest BCUT2D eigenvalue weighted by molar-refractivity contribution is 5.81. The molecule has 1 aromatic rings. The number of benzene rings is 1. The largest absolute Gasteiger partial charge is 0.450 e. The minimum absolute atomic E-state index is 0.338. The van der Waals surface area contributed by atoms with E-state index in [9.17, 15) is 9.90 Å². The maximum Gasteiger partial charge on any atom is 0.344 e. The van der Waals surface area contributed by atoms with Gasteiger partial charge in [-0.05, 0) is 31.4 Å². The van der Waals surface area contributed by atoms with Crippen molar-refractivity contribution in [3.63, 3.8) is 0 Å². The van der Waals surface area contributed by atoms with E-state index in [1.54, 1.807) is 30.3 Å². The molecule has 1 aliphatic rings. The van der Waals surface area contributed by atoms with Crippen LogP contribution in [0, 0.1) is 17.8 Å². The SMILES string of the molecule is [2H]C([2H])(C#CCN(C([2H])([2H])C)C([2H])([2H])C)OC(=O)C(O)(c1ccccc1)C1CCCCC1. The summed E-state index contributed by atoms with van der Waals surface area (Å²) in [6.07, 6.45) is 3.94. The average molecular weight is 364 g/mol. The first-order valence-corrected chi connectivity index (χ1v) is 8.97. The van der Waals surface area contributed by atoms with E-state index >= 15 is 0 Å². The Bertz CT molecular complexity index is 821. The van der Waals surface area contributed by atoms with Gasteiger partial charge in [0, 0.05) is 11.4 Å². The molecule has 0 aromatic heterocycles. The normalized spacial score (nSPS) is 22.3. The van der Waals surface area contributed by atoms with Gasteiger partial charge >= 0.3 is 5.97 Å². The van der Waals surface area contributed by atoms with Crippen LogP contribution in [0.1, 0.15) is 59.7 Å². The third-order valence-corrected chi connectivity index (χ3v) is 4.78. The number of hydrogen-bond donors (Lipinski definition) is 1. The molecule has 1 unspecified atom stereocenters. The van der Waals surface area contributed by atoms with Gasteiger partial charge in [-0.15, -0.1) is 0 Å². The summed E-state index contributed by atoms with van der Waals surface area (Å²) in [5, 5.41) is 11.5. The first-order chi connectivity index (χ1) is 14.7. The van der Waals surface area contributed by atoms with Crippen LogP contribution in [0.15, 0.2) is 30.3 Å². The maximum atomic E-state index is 13.1. The number of aliphatic hydroxyl groups is 1. The third-order valence-electron chi connectivity index (χ3n) is 4.78. The summed E-state index contributed by atoms with van der Waals surface area (Å²) in [5.74, 6) is 2.99. The molecule has 1 atom stereocenters. The smallest absolute Gasteiger partial charge is 0.344 e. The Morgan fingerprint density at radius 3 is 2.50 bits per heavy atom. The van der Waals surface area contributed by atoms with Gasteiger partial charge < -0.3 is 9.84 Å². The van der Waals surface area contributed by atoms with E-state index in [0.29, 0.717) is 18.4 Å². The molecule has 1 aromatic carbocycles. The first kappa shape index (κ1) is 13.4. The molecule has 0 saturated heterocycles. The van der Waals surface area contributed by atoms with Crippen molar-refractivity contribution in [1.82, 2.24) is 4.90 Å². The Kier molecular flexibility index (Phi) is 5.32. The van der Waals surface area contributed by atoms with Crippen molar-refractivity contribution < 1.29 is 22.9 Å². The van der Waals surface area contributed by atoms with Crippen molar-refractivity contribution in [2.75, 3.05) is 26.1 Å². The molecule has 142 valence electrons. The molecular weight excluding hydrogens is 326 g/mol. The number of hydrogen-bond acceptors (Lipinski definition) is 4. The molecule has 2 rings (SSSR count). The summed E-state index contributed by atoms with van der Waals surface area (Å²) in [5.41, 5.74) is -1.67. The predicted molar refractivity (Wildman–Crippen MR) is 103 cm³/mol. The summed E-state index contributed by atoms with van der Waals surface area (Å²) in [6.45, 7) is -4.89. The Morgan fingerprint density at radius 1 is 1.23 bits per heavy atom. The van der Waals surface area contributed by atoms with Crippen LogP contribution in [-0.2, 0) is 15.1 Å². The standard InChI is InChI=1S/C22H31NO3/c1-3-23(4-2)17-11-12-18-26-21(24)22(25,19-13-7-5-8-14-19)20-15-9-6-10-16-20/h5,7-8,13-14,20,25H,3-4,6,9-10,15-18H2,1-2H3/i3D2,4D2,18D2. The monoisotopic (exact) mass is 363 g/mol. The van der Waals surface area contributed by atoms with Gasteiger partial charge in [0.2, 0.25) is 0 Å². The lowest BCUT2D eigenvalue weighted by molar-refractivity contribution is -0.174. The molecule has 0 radical (unpaired) electrons. The molecule has 0 spiro atoms. The van der Waals surface area contributed by atoms with E-state index in [4.69, 9.17) is 13.0 Å². The molecule has 0 aliphatic heterocycles. The summed E-state index contributed by atoms with van der Waals surface area (Å²) in [4.78, 5) is 13.9.